The Balaban J connectivity index is 1.99. The fraction of sp³-hybridized carbons (Fsp3) is 0.600. The monoisotopic (exact) mass is 198 g/mol. The number of thiophene rings is 1. The first-order chi connectivity index (χ1) is 6.17. The summed E-state index contributed by atoms with van der Waals surface area (Å²) in [5, 5.41) is 2.04. The van der Waals surface area contributed by atoms with E-state index >= 15 is 0 Å². The molecular formula is C10H14O2S. The summed E-state index contributed by atoms with van der Waals surface area (Å²) in [4.78, 5) is 1.16. The second-order valence-corrected chi connectivity index (χ2v) is 5.11. The summed E-state index contributed by atoms with van der Waals surface area (Å²) in [5.41, 5.74) is 0.160. The minimum Gasteiger partial charge on any atom is -0.347 e. The van der Waals surface area contributed by atoms with E-state index in [0.717, 1.165) is 18.1 Å². The van der Waals surface area contributed by atoms with E-state index in [1.807, 2.05) is 17.5 Å². The van der Waals surface area contributed by atoms with Gasteiger partial charge in [-0.3, -0.25) is 0 Å². The lowest BCUT2D eigenvalue weighted by atomic mass is 9.96. The zero-order valence-electron chi connectivity index (χ0n) is 7.95. The van der Waals surface area contributed by atoms with E-state index in [1.54, 1.807) is 11.3 Å². The standard InChI is InChI=1S/C10H14O2S/c1-10(2)6-11-9(12-7-10)8-4-3-5-13-8/h3-5,9H,6-7H2,1-2H3. The maximum absolute atomic E-state index is 5.63. The van der Waals surface area contributed by atoms with Crippen LogP contribution < -0.4 is 0 Å². The summed E-state index contributed by atoms with van der Waals surface area (Å²) in [5.74, 6) is 0. The molecule has 1 aliphatic heterocycles. The highest BCUT2D eigenvalue weighted by molar-refractivity contribution is 7.10. The lowest BCUT2D eigenvalue weighted by Gasteiger charge is -2.34. The van der Waals surface area contributed by atoms with Gasteiger partial charge in [-0.15, -0.1) is 11.3 Å². The zero-order chi connectivity index (χ0) is 9.31. The van der Waals surface area contributed by atoms with Crippen molar-refractivity contribution in [1.29, 1.82) is 0 Å². The van der Waals surface area contributed by atoms with Gasteiger partial charge in [0.25, 0.3) is 0 Å². The number of hydrogen-bond donors (Lipinski definition) is 0. The maximum atomic E-state index is 5.63. The summed E-state index contributed by atoms with van der Waals surface area (Å²) in [6.07, 6.45) is -0.131. The lowest BCUT2D eigenvalue weighted by molar-refractivity contribution is -0.224. The Bertz CT molecular complexity index is 256. The second-order valence-electron chi connectivity index (χ2n) is 4.13. The van der Waals surface area contributed by atoms with Gasteiger partial charge < -0.3 is 9.47 Å². The first kappa shape index (κ1) is 9.19. The summed E-state index contributed by atoms with van der Waals surface area (Å²) in [7, 11) is 0. The molecule has 0 aliphatic carbocycles. The van der Waals surface area contributed by atoms with Crippen LogP contribution in [0, 0.1) is 5.41 Å². The Labute approximate surface area is 82.5 Å². The molecule has 0 N–H and O–H groups in total. The molecule has 0 radical (unpaired) electrons. The lowest BCUT2D eigenvalue weighted by Crippen LogP contribution is -2.33. The highest BCUT2D eigenvalue weighted by Crippen LogP contribution is 2.32. The fourth-order valence-corrected chi connectivity index (χ4v) is 2.00. The first-order valence-electron chi connectivity index (χ1n) is 4.44. The van der Waals surface area contributed by atoms with Gasteiger partial charge in [-0.05, 0) is 11.4 Å². The molecule has 72 valence electrons. The number of ether oxygens (including phenoxy) is 2. The van der Waals surface area contributed by atoms with Gasteiger partial charge in [-0.2, -0.15) is 0 Å². The number of hydrogen-bond acceptors (Lipinski definition) is 3. The molecule has 0 bridgehead atoms. The Morgan fingerprint density at radius 1 is 1.38 bits per heavy atom. The maximum Gasteiger partial charge on any atom is 0.193 e. The summed E-state index contributed by atoms with van der Waals surface area (Å²) in [6.45, 7) is 5.85. The highest BCUT2D eigenvalue weighted by atomic mass is 32.1. The molecule has 2 heterocycles. The summed E-state index contributed by atoms with van der Waals surface area (Å²) >= 11 is 1.68. The van der Waals surface area contributed by atoms with Crippen LogP contribution in [0.25, 0.3) is 0 Å². The van der Waals surface area contributed by atoms with Crippen LogP contribution in [0.5, 0.6) is 0 Å². The molecule has 0 spiro atoms. The topological polar surface area (TPSA) is 18.5 Å². The molecule has 13 heavy (non-hydrogen) atoms. The molecule has 1 aromatic rings. The van der Waals surface area contributed by atoms with Crippen molar-refractivity contribution in [1.82, 2.24) is 0 Å². The Hall–Kier alpha value is -0.380. The minimum atomic E-state index is -0.131. The predicted molar refractivity (Wildman–Crippen MR) is 52.7 cm³/mol. The van der Waals surface area contributed by atoms with Crippen LogP contribution in [0.15, 0.2) is 17.5 Å². The van der Waals surface area contributed by atoms with Crippen molar-refractivity contribution < 1.29 is 9.47 Å². The molecule has 1 aromatic heterocycles. The quantitative estimate of drug-likeness (QED) is 0.691. The molecule has 1 fully saturated rings. The average Bonchev–Trinajstić information content (AvgIpc) is 2.56. The smallest absolute Gasteiger partial charge is 0.193 e. The molecule has 0 aromatic carbocycles. The molecule has 1 aliphatic rings. The van der Waals surface area contributed by atoms with E-state index in [4.69, 9.17) is 9.47 Å². The van der Waals surface area contributed by atoms with Crippen molar-refractivity contribution in [2.24, 2.45) is 5.41 Å². The van der Waals surface area contributed by atoms with Gasteiger partial charge >= 0.3 is 0 Å². The molecule has 0 saturated carbocycles. The van der Waals surface area contributed by atoms with E-state index in [0.29, 0.717) is 0 Å². The van der Waals surface area contributed by atoms with Gasteiger partial charge in [0.05, 0.1) is 18.1 Å². The van der Waals surface area contributed by atoms with E-state index in [1.165, 1.54) is 0 Å². The van der Waals surface area contributed by atoms with Crippen LogP contribution in [-0.2, 0) is 9.47 Å². The third-order valence-electron chi connectivity index (χ3n) is 2.03. The number of rotatable bonds is 1. The van der Waals surface area contributed by atoms with Crippen LogP contribution in [0.4, 0.5) is 0 Å². The Morgan fingerprint density at radius 3 is 2.62 bits per heavy atom. The Morgan fingerprint density at radius 2 is 2.08 bits per heavy atom. The van der Waals surface area contributed by atoms with Crippen molar-refractivity contribution >= 4 is 11.3 Å². The van der Waals surface area contributed by atoms with Crippen LogP contribution in [0.2, 0.25) is 0 Å². The summed E-state index contributed by atoms with van der Waals surface area (Å²) < 4.78 is 11.3. The van der Waals surface area contributed by atoms with Gasteiger partial charge in [-0.25, -0.2) is 0 Å². The van der Waals surface area contributed by atoms with Gasteiger partial charge in [0, 0.05) is 5.41 Å². The normalized spacial score (nSPS) is 23.2. The van der Waals surface area contributed by atoms with E-state index in [9.17, 15) is 0 Å². The summed E-state index contributed by atoms with van der Waals surface area (Å²) in [6, 6.07) is 4.07. The van der Waals surface area contributed by atoms with Crippen LogP contribution in [-0.4, -0.2) is 13.2 Å². The van der Waals surface area contributed by atoms with Crippen LogP contribution in [0.1, 0.15) is 25.0 Å². The molecule has 2 nitrogen and oxygen atoms in total. The molecule has 2 rings (SSSR count). The average molecular weight is 198 g/mol. The largest absolute Gasteiger partial charge is 0.347 e. The van der Waals surface area contributed by atoms with Gasteiger partial charge in [-0.1, -0.05) is 19.9 Å². The minimum absolute atomic E-state index is 0.131. The molecule has 0 unspecified atom stereocenters. The third-order valence-corrected chi connectivity index (χ3v) is 2.92. The highest BCUT2D eigenvalue weighted by Gasteiger charge is 2.29. The van der Waals surface area contributed by atoms with Gasteiger partial charge in [0.15, 0.2) is 6.29 Å². The Kier molecular flexibility index (Phi) is 2.41. The molecule has 1 saturated heterocycles. The first-order valence-corrected chi connectivity index (χ1v) is 5.32. The van der Waals surface area contributed by atoms with E-state index in [-0.39, 0.29) is 11.7 Å². The molecule has 0 amide bonds. The van der Waals surface area contributed by atoms with Crippen molar-refractivity contribution in [2.75, 3.05) is 13.2 Å². The van der Waals surface area contributed by atoms with Crippen molar-refractivity contribution in [2.45, 2.75) is 20.1 Å². The van der Waals surface area contributed by atoms with E-state index < -0.39 is 0 Å². The molecule has 0 atom stereocenters. The van der Waals surface area contributed by atoms with Crippen molar-refractivity contribution in [3.05, 3.63) is 22.4 Å². The molecular weight excluding hydrogens is 184 g/mol. The van der Waals surface area contributed by atoms with Crippen molar-refractivity contribution in [3.8, 4) is 0 Å². The van der Waals surface area contributed by atoms with Gasteiger partial charge in [0.1, 0.15) is 0 Å². The fourth-order valence-electron chi connectivity index (χ4n) is 1.28. The SMILES string of the molecule is CC1(C)COC(c2cccs2)OC1. The van der Waals surface area contributed by atoms with E-state index in [2.05, 4.69) is 13.8 Å². The van der Waals surface area contributed by atoms with Crippen LogP contribution >= 0.6 is 11.3 Å². The van der Waals surface area contributed by atoms with Crippen LogP contribution in [0.3, 0.4) is 0 Å². The second kappa shape index (κ2) is 3.40. The van der Waals surface area contributed by atoms with Gasteiger partial charge in [0.2, 0.25) is 0 Å². The van der Waals surface area contributed by atoms with Crippen molar-refractivity contribution in [3.63, 3.8) is 0 Å². The zero-order valence-corrected chi connectivity index (χ0v) is 8.76. The molecule has 3 heteroatoms. The third kappa shape index (κ3) is 2.10. The predicted octanol–water partition coefficient (Wildman–Crippen LogP) is 2.82.